The summed E-state index contributed by atoms with van der Waals surface area (Å²) in [5, 5.41) is 2.81. The number of carbonyl (C=O) groups is 1. The van der Waals surface area contributed by atoms with Gasteiger partial charge in [0.15, 0.2) is 0 Å². The highest BCUT2D eigenvalue weighted by molar-refractivity contribution is 7.89. The molecule has 0 atom stereocenters. The molecule has 0 aromatic heterocycles. The first kappa shape index (κ1) is 22.6. The van der Waals surface area contributed by atoms with Gasteiger partial charge in [0.05, 0.1) is 11.5 Å². The van der Waals surface area contributed by atoms with Crippen molar-refractivity contribution in [3.63, 3.8) is 0 Å². The second kappa shape index (κ2) is 12.0. The lowest BCUT2D eigenvalue weighted by Gasteiger charge is -2.11. The summed E-state index contributed by atoms with van der Waals surface area (Å²) in [6.45, 7) is 6.14. The molecule has 0 radical (unpaired) electrons. The van der Waals surface area contributed by atoms with E-state index < -0.39 is 10.0 Å². The number of carbonyl (C=O) groups excluding carboxylic acids is 1. The van der Waals surface area contributed by atoms with Gasteiger partial charge in [-0.05, 0) is 37.5 Å². The monoisotopic (exact) mass is 386 g/mol. The van der Waals surface area contributed by atoms with Crippen LogP contribution in [-0.4, -0.2) is 54.3 Å². The molecule has 2 N–H and O–H groups in total. The third-order valence-corrected chi connectivity index (χ3v) is 5.21. The first-order valence-corrected chi connectivity index (χ1v) is 10.4. The van der Waals surface area contributed by atoms with Gasteiger partial charge in [0.2, 0.25) is 10.0 Å². The molecule has 26 heavy (non-hydrogen) atoms. The number of hydrogen-bond acceptors (Lipinski definition) is 5. The molecule has 1 aromatic carbocycles. The van der Waals surface area contributed by atoms with Crippen LogP contribution in [0.15, 0.2) is 23.1 Å². The molecular weight excluding hydrogens is 356 g/mol. The highest BCUT2D eigenvalue weighted by Gasteiger charge is 2.17. The van der Waals surface area contributed by atoms with Crippen molar-refractivity contribution < 1.29 is 22.7 Å². The number of methoxy groups -OCH3 is 1. The summed E-state index contributed by atoms with van der Waals surface area (Å²) < 4.78 is 37.3. The summed E-state index contributed by atoms with van der Waals surface area (Å²) in [5.41, 5.74) is 1.07. The van der Waals surface area contributed by atoms with Crippen LogP contribution in [-0.2, 0) is 19.5 Å². The Bertz CT molecular complexity index is 662. The van der Waals surface area contributed by atoms with Gasteiger partial charge in [-0.2, -0.15) is 0 Å². The third kappa shape index (κ3) is 7.82. The zero-order valence-electron chi connectivity index (χ0n) is 15.8. The minimum absolute atomic E-state index is 0.0623. The van der Waals surface area contributed by atoms with E-state index >= 15 is 0 Å². The minimum atomic E-state index is -3.67. The summed E-state index contributed by atoms with van der Waals surface area (Å²) in [4.78, 5) is 12.4. The van der Waals surface area contributed by atoms with Crippen LogP contribution in [0.3, 0.4) is 0 Å². The normalized spacial score (nSPS) is 11.5. The van der Waals surface area contributed by atoms with E-state index in [-0.39, 0.29) is 24.0 Å². The van der Waals surface area contributed by atoms with E-state index in [1.54, 1.807) is 13.0 Å². The van der Waals surface area contributed by atoms with Gasteiger partial charge in [-0.25, -0.2) is 13.1 Å². The molecule has 0 aliphatic rings. The Kier molecular flexibility index (Phi) is 10.4. The van der Waals surface area contributed by atoms with E-state index in [9.17, 15) is 13.2 Å². The minimum Gasteiger partial charge on any atom is -0.383 e. The Balaban J connectivity index is 2.61. The van der Waals surface area contributed by atoms with Gasteiger partial charge in [0.1, 0.15) is 0 Å². The molecule has 1 amide bonds. The van der Waals surface area contributed by atoms with Crippen LogP contribution >= 0.6 is 0 Å². The molecule has 0 fully saturated rings. The van der Waals surface area contributed by atoms with Gasteiger partial charge in [-0.3, -0.25) is 4.79 Å². The number of hydrogen-bond donors (Lipinski definition) is 2. The van der Waals surface area contributed by atoms with Gasteiger partial charge in [0.25, 0.3) is 5.91 Å². The van der Waals surface area contributed by atoms with Crippen molar-refractivity contribution in [2.75, 3.05) is 40.0 Å². The molecule has 0 aliphatic heterocycles. The Morgan fingerprint density at radius 1 is 1.12 bits per heavy atom. The Hall–Kier alpha value is -1.48. The highest BCUT2D eigenvalue weighted by atomic mass is 32.2. The second-order valence-electron chi connectivity index (χ2n) is 5.94. The van der Waals surface area contributed by atoms with E-state index in [1.165, 1.54) is 19.2 Å². The molecule has 0 bridgehead atoms. The van der Waals surface area contributed by atoms with Crippen LogP contribution in [0.2, 0.25) is 0 Å². The van der Waals surface area contributed by atoms with Crippen molar-refractivity contribution in [2.45, 2.75) is 38.0 Å². The van der Waals surface area contributed by atoms with Crippen LogP contribution in [0.4, 0.5) is 0 Å². The predicted octanol–water partition coefficient (Wildman–Crippen LogP) is 1.86. The number of unbranched alkanes of at least 4 members (excludes halogenated alkanes) is 1. The number of ether oxygens (including phenoxy) is 2. The van der Waals surface area contributed by atoms with E-state index in [0.717, 1.165) is 25.0 Å². The highest BCUT2D eigenvalue weighted by Crippen LogP contribution is 2.15. The molecule has 0 spiro atoms. The zero-order chi connectivity index (χ0) is 19.4. The van der Waals surface area contributed by atoms with E-state index in [4.69, 9.17) is 9.47 Å². The van der Waals surface area contributed by atoms with Crippen molar-refractivity contribution in [3.8, 4) is 0 Å². The van der Waals surface area contributed by atoms with Crippen molar-refractivity contribution in [3.05, 3.63) is 29.3 Å². The molecule has 1 aromatic rings. The number of rotatable bonds is 13. The summed E-state index contributed by atoms with van der Waals surface area (Å²) in [6.07, 6.45) is 2.84. The smallest absolute Gasteiger partial charge is 0.251 e. The average molecular weight is 387 g/mol. The molecule has 0 saturated carbocycles. The lowest BCUT2D eigenvalue weighted by atomic mass is 10.1. The summed E-state index contributed by atoms with van der Waals surface area (Å²) >= 11 is 0. The summed E-state index contributed by atoms with van der Waals surface area (Å²) in [6, 6.07) is 4.52. The SMILES string of the molecule is CCCCOCCCNC(=O)c1cc(S(=O)(=O)NCCOC)ccc1C. The maximum absolute atomic E-state index is 12.4. The molecular formula is C18H30N2O5S. The lowest BCUT2D eigenvalue weighted by Crippen LogP contribution is -2.29. The standard InChI is InChI=1S/C18H30N2O5S/c1-4-5-11-25-12-6-9-19-18(21)17-14-16(8-7-15(17)2)26(22,23)20-10-13-24-3/h7-8,14,20H,4-6,9-13H2,1-3H3,(H,19,21). The van der Waals surface area contributed by atoms with Gasteiger partial charge in [0, 0.05) is 39.0 Å². The second-order valence-corrected chi connectivity index (χ2v) is 7.71. The van der Waals surface area contributed by atoms with E-state index in [1.807, 2.05) is 0 Å². The fourth-order valence-electron chi connectivity index (χ4n) is 2.19. The van der Waals surface area contributed by atoms with Gasteiger partial charge in [-0.1, -0.05) is 19.4 Å². The predicted molar refractivity (Wildman–Crippen MR) is 101 cm³/mol. The van der Waals surface area contributed by atoms with E-state index in [0.29, 0.717) is 25.1 Å². The fraction of sp³-hybridized carbons (Fsp3) is 0.611. The van der Waals surface area contributed by atoms with Crippen molar-refractivity contribution in [2.24, 2.45) is 0 Å². The molecule has 0 heterocycles. The quantitative estimate of drug-likeness (QED) is 0.505. The Morgan fingerprint density at radius 2 is 1.85 bits per heavy atom. The molecule has 0 saturated heterocycles. The molecule has 0 aliphatic carbocycles. The average Bonchev–Trinajstić information content (AvgIpc) is 2.61. The fourth-order valence-corrected chi connectivity index (χ4v) is 3.23. The van der Waals surface area contributed by atoms with Crippen LogP contribution in [0.25, 0.3) is 0 Å². The van der Waals surface area contributed by atoms with Gasteiger partial charge in [-0.15, -0.1) is 0 Å². The maximum Gasteiger partial charge on any atom is 0.251 e. The Morgan fingerprint density at radius 3 is 2.54 bits per heavy atom. The molecule has 1 rings (SSSR count). The zero-order valence-corrected chi connectivity index (χ0v) is 16.7. The number of aryl methyl sites for hydroxylation is 1. The maximum atomic E-state index is 12.4. The van der Waals surface area contributed by atoms with Crippen LogP contribution in [0, 0.1) is 6.92 Å². The number of benzene rings is 1. The van der Waals surface area contributed by atoms with Crippen LogP contribution in [0.5, 0.6) is 0 Å². The molecule has 0 unspecified atom stereocenters. The lowest BCUT2D eigenvalue weighted by molar-refractivity contribution is 0.0939. The van der Waals surface area contributed by atoms with Crippen molar-refractivity contribution in [1.82, 2.24) is 10.0 Å². The first-order chi connectivity index (χ1) is 12.4. The molecule has 7 nitrogen and oxygen atoms in total. The summed E-state index contributed by atoms with van der Waals surface area (Å²) in [5.74, 6) is -0.287. The third-order valence-electron chi connectivity index (χ3n) is 3.76. The van der Waals surface area contributed by atoms with Crippen LogP contribution in [0.1, 0.15) is 42.1 Å². The first-order valence-electron chi connectivity index (χ1n) is 8.87. The topological polar surface area (TPSA) is 93.7 Å². The number of amides is 1. The number of sulfonamides is 1. The van der Waals surface area contributed by atoms with Crippen molar-refractivity contribution in [1.29, 1.82) is 0 Å². The van der Waals surface area contributed by atoms with Gasteiger partial charge < -0.3 is 14.8 Å². The summed E-state index contributed by atoms with van der Waals surface area (Å²) in [7, 11) is -2.18. The van der Waals surface area contributed by atoms with Crippen molar-refractivity contribution >= 4 is 15.9 Å². The van der Waals surface area contributed by atoms with Gasteiger partial charge >= 0.3 is 0 Å². The Labute approximate surface area is 156 Å². The molecule has 148 valence electrons. The van der Waals surface area contributed by atoms with Crippen LogP contribution < -0.4 is 10.0 Å². The number of nitrogens with one attached hydrogen (secondary N) is 2. The van der Waals surface area contributed by atoms with E-state index in [2.05, 4.69) is 17.0 Å². The molecule has 8 heteroatoms. The largest absolute Gasteiger partial charge is 0.383 e.